The number of halogens is 4. The van der Waals surface area contributed by atoms with Crippen LogP contribution in [0.3, 0.4) is 0 Å². The van der Waals surface area contributed by atoms with Gasteiger partial charge >= 0.3 is 6.18 Å². The van der Waals surface area contributed by atoms with Crippen molar-refractivity contribution in [3.8, 4) is 11.6 Å². The number of aromatic nitrogens is 1. The quantitative estimate of drug-likeness (QED) is 0.758. The summed E-state index contributed by atoms with van der Waals surface area (Å²) in [7, 11) is 3.25. The zero-order valence-corrected chi connectivity index (χ0v) is 14.9. The molecule has 0 N–H and O–H groups in total. The minimum atomic E-state index is -4.30. The molecule has 0 spiro atoms. The Morgan fingerprint density at radius 1 is 1.23 bits per heavy atom. The van der Waals surface area contributed by atoms with Crippen molar-refractivity contribution in [3.63, 3.8) is 0 Å². The molecule has 0 radical (unpaired) electrons. The molecule has 1 aliphatic rings. The van der Waals surface area contributed by atoms with E-state index in [9.17, 15) is 18.0 Å². The number of ether oxygens (including phenoxy) is 1. The van der Waals surface area contributed by atoms with E-state index >= 15 is 0 Å². The highest BCUT2D eigenvalue weighted by atomic mass is 35.5. The van der Waals surface area contributed by atoms with E-state index in [0.29, 0.717) is 5.56 Å². The number of rotatable bonds is 4. The van der Waals surface area contributed by atoms with Crippen LogP contribution in [0.2, 0.25) is 5.02 Å². The zero-order chi connectivity index (χ0) is 19.1. The highest BCUT2D eigenvalue weighted by Crippen LogP contribution is 2.59. The minimum Gasteiger partial charge on any atom is -0.437 e. The number of carbonyl (C=O) groups is 1. The van der Waals surface area contributed by atoms with E-state index in [2.05, 4.69) is 4.98 Å². The van der Waals surface area contributed by atoms with Crippen molar-refractivity contribution >= 4 is 17.5 Å². The molecule has 0 atom stereocenters. The van der Waals surface area contributed by atoms with Gasteiger partial charge < -0.3 is 9.64 Å². The fourth-order valence-corrected chi connectivity index (χ4v) is 2.90. The van der Waals surface area contributed by atoms with E-state index in [-0.39, 0.29) is 41.0 Å². The summed E-state index contributed by atoms with van der Waals surface area (Å²) in [6.45, 7) is 0. The molecule has 1 fully saturated rings. The molecule has 1 aromatic carbocycles. The van der Waals surface area contributed by atoms with Gasteiger partial charge in [-0.1, -0.05) is 17.7 Å². The Balaban J connectivity index is 1.78. The van der Waals surface area contributed by atoms with Crippen molar-refractivity contribution in [3.05, 3.63) is 52.7 Å². The van der Waals surface area contributed by atoms with Crippen molar-refractivity contribution in [1.82, 2.24) is 9.88 Å². The van der Waals surface area contributed by atoms with E-state index in [1.165, 1.54) is 35.4 Å². The van der Waals surface area contributed by atoms with Gasteiger partial charge in [0.05, 0.1) is 16.0 Å². The molecule has 1 heterocycles. The summed E-state index contributed by atoms with van der Waals surface area (Å²) in [5, 5.41) is 0.0771. The Bertz CT molecular complexity index is 831. The highest BCUT2D eigenvalue weighted by Gasteiger charge is 2.64. The van der Waals surface area contributed by atoms with Gasteiger partial charge in [0.2, 0.25) is 5.88 Å². The molecule has 0 unspecified atom stereocenters. The molecule has 8 heteroatoms. The van der Waals surface area contributed by atoms with Gasteiger partial charge in [0.15, 0.2) is 0 Å². The van der Waals surface area contributed by atoms with Gasteiger partial charge in [0, 0.05) is 26.4 Å². The topological polar surface area (TPSA) is 42.4 Å². The summed E-state index contributed by atoms with van der Waals surface area (Å²) < 4.78 is 45.1. The molecule has 0 bridgehead atoms. The molecule has 1 amide bonds. The zero-order valence-electron chi connectivity index (χ0n) is 14.1. The Morgan fingerprint density at radius 3 is 2.38 bits per heavy atom. The normalized spacial score (nSPS) is 15.5. The maximum atomic E-state index is 13.2. The van der Waals surface area contributed by atoms with E-state index in [4.69, 9.17) is 16.3 Å². The summed E-state index contributed by atoms with van der Waals surface area (Å²) in [5.74, 6) is 0.188. The summed E-state index contributed by atoms with van der Waals surface area (Å²) in [6.07, 6.45) is -2.80. The number of alkyl halides is 3. The Kier molecular flexibility index (Phi) is 4.60. The largest absolute Gasteiger partial charge is 0.437 e. The van der Waals surface area contributed by atoms with Crippen LogP contribution in [-0.4, -0.2) is 36.1 Å². The lowest BCUT2D eigenvalue weighted by atomic mass is 9.95. The lowest BCUT2D eigenvalue weighted by Crippen LogP contribution is -2.28. The average molecular weight is 385 g/mol. The second-order valence-electron chi connectivity index (χ2n) is 6.41. The van der Waals surface area contributed by atoms with Gasteiger partial charge in [0.25, 0.3) is 5.91 Å². The van der Waals surface area contributed by atoms with E-state index in [1.807, 2.05) is 0 Å². The summed E-state index contributed by atoms with van der Waals surface area (Å²) in [5.41, 5.74) is -1.26. The number of hydrogen-bond acceptors (Lipinski definition) is 3. The molecule has 1 saturated carbocycles. The molecular formula is C18H16ClF3N2O2. The maximum Gasteiger partial charge on any atom is 0.398 e. The van der Waals surface area contributed by atoms with Crippen molar-refractivity contribution in [1.29, 1.82) is 0 Å². The average Bonchev–Trinajstić information content (AvgIpc) is 3.38. The van der Waals surface area contributed by atoms with Gasteiger partial charge in [-0.25, -0.2) is 4.98 Å². The Labute approximate surface area is 153 Å². The van der Waals surface area contributed by atoms with Crippen LogP contribution in [0.25, 0.3) is 0 Å². The smallest absolute Gasteiger partial charge is 0.398 e. The third-order valence-corrected chi connectivity index (χ3v) is 4.68. The first kappa shape index (κ1) is 18.5. The van der Waals surface area contributed by atoms with Crippen LogP contribution < -0.4 is 4.74 Å². The molecule has 3 rings (SSSR count). The number of carbonyl (C=O) groups excluding carboxylic acids is 1. The van der Waals surface area contributed by atoms with E-state index < -0.39 is 11.6 Å². The second kappa shape index (κ2) is 6.46. The lowest BCUT2D eigenvalue weighted by molar-refractivity contribution is -0.160. The summed E-state index contributed by atoms with van der Waals surface area (Å²) >= 11 is 6.11. The fraction of sp³-hybridized carbons (Fsp3) is 0.333. The van der Waals surface area contributed by atoms with Crippen molar-refractivity contribution in [2.24, 2.45) is 0 Å². The standard InChI is InChI=1S/C18H16ClF3N2O2/c1-24(2)16(25)11-3-6-15(23-10-11)26-14-5-4-12(9-13(14)19)17(7-8-17)18(20,21)22/h3-6,9-10H,7-8H2,1-2H3. The van der Waals surface area contributed by atoms with Crippen molar-refractivity contribution in [2.75, 3.05) is 14.1 Å². The number of hydrogen-bond donors (Lipinski definition) is 0. The maximum absolute atomic E-state index is 13.2. The predicted molar refractivity (Wildman–Crippen MR) is 90.7 cm³/mol. The first-order valence-electron chi connectivity index (χ1n) is 7.86. The molecule has 26 heavy (non-hydrogen) atoms. The van der Waals surface area contributed by atoms with Crippen LogP contribution in [-0.2, 0) is 5.41 Å². The second-order valence-corrected chi connectivity index (χ2v) is 6.82. The molecule has 4 nitrogen and oxygen atoms in total. The molecule has 0 aliphatic heterocycles. The lowest BCUT2D eigenvalue weighted by Gasteiger charge is -2.20. The SMILES string of the molecule is CN(C)C(=O)c1ccc(Oc2ccc(C3(C(F)(F)F)CC3)cc2Cl)nc1. The molecule has 138 valence electrons. The Morgan fingerprint density at radius 2 is 1.92 bits per heavy atom. The first-order chi connectivity index (χ1) is 12.1. The Hall–Kier alpha value is -2.28. The van der Waals surface area contributed by atoms with Crippen LogP contribution in [0.15, 0.2) is 36.5 Å². The monoisotopic (exact) mass is 384 g/mol. The molecule has 1 aromatic heterocycles. The number of amides is 1. The van der Waals surface area contributed by atoms with Crippen LogP contribution in [0.5, 0.6) is 11.6 Å². The fourth-order valence-electron chi connectivity index (χ4n) is 2.68. The predicted octanol–water partition coefficient (Wildman–Crippen LogP) is 4.82. The van der Waals surface area contributed by atoms with Crippen LogP contribution in [0.4, 0.5) is 13.2 Å². The van der Waals surface area contributed by atoms with Gasteiger partial charge in [0.1, 0.15) is 5.75 Å². The number of nitrogens with zero attached hydrogens (tertiary/aromatic N) is 2. The van der Waals surface area contributed by atoms with Crippen LogP contribution in [0.1, 0.15) is 28.8 Å². The van der Waals surface area contributed by atoms with Crippen molar-refractivity contribution in [2.45, 2.75) is 24.4 Å². The van der Waals surface area contributed by atoms with Crippen molar-refractivity contribution < 1.29 is 22.7 Å². The highest BCUT2D eigenvalue weighted by molar-refractivity contribution is 6.32. The first-order valence-corrected chi connectivity index (χ1v) is 8.24. The third kappa shape index (κ3) is 3.35. The van der Waals surface area contributed by atoms with E-state index in [1.54, 1.807) is 20.2 Å². The third-order valence-electron chi connectivity index (χ3n) is 4.38. The van der Waals surface area contributed by atoms with Crippen LogP contribution in [0, 0.1) is 0 Å². The summed E-state index contributed by atoms with van der Waals surface area (Å²) in [6, 6.07) is 7.13. The van der Waals surface area contributed by atoms with Gasteiger partial charge in [-0.3, -0.25) is 4.79 Å². The van der Waals surface area contributed by atoms with Gasteiger partial charge in [-0.2, -0.15) is 13.2 Å². The van der Waals surface area contributed by atoms with Gasteiger partial charge in [-0.05, 0) is 36.6 Å². The van der Waals surface area contributed by atoms with Gasteiger partial charge in [-0.15, -0.1) is 0 Å². The molecule has 2 aromatic rings. The van der Waals surface area contributed by atoms with Crippen LogP contribution >= 0.6 is 11.6 Å². The summed E-state index contributed by atoms with van der Waals surface area (Å²) in [4.78, 5) is 17.3. The number of benzene rings is 1. The molecule has 0 saturated heterocycles. The van der Waals surface area contributed by atoms with E-state index in [0.717, 1.165) is 0 Å². The molecule has 1 aliphatic carbocycles. The molecular weight excluding hydrogens is 369 g/mol. The minimum absolute atomic E-state index is 0.0654. The number of pyridine rings is 1.